The van der Waals surface area contributed by atoms with Crippen LogP contribution in [-0.4, -0.2) is 36.1 Å². The molecule has 0 fully saturated rings. The number of halogens is 1. The van der Waals surface area contributed by atoms with Gasteiger partial charge in [-0.2, -0.15) is 5.26 Å². The summed E-state index contributed by atoms with van der Waals surface area (Å²) in [6, 6.07) is 16.4. The standard InChI is InChI=1S/C18H16BrN3O2S/c1-22(12-17(23)21-15-8-4-3-7-14(15)19)18(24)13-6-2-5-9-16(13)25-11-10-20/h2-9H,11-12H2,1H3,(H,21,23). The van der Waals surface area contributed by atoms with E-state index in [0.717, 1.165) is 9.37 Å². The largest absolute Gasteiger partial charge is 0.332 e. The summed E-state index contributed by atoms with van der Waals surface area (Å²) in [5, 5.41) is 11.5. The number of hydrogen-bond donors (Lipinski definition) is 1. The zero-order valence-corrected chi connectivity index (χ0v) is 15.9. The number of nitrogens with zero attached hydrogens (tertiary/aromatic N) is 2. The maximum absolute atomic E-state index is 12.6. The van der Waals surface area contributed by atoms with Crippen molar-refractivity contribution in [2.45, 2.75) is 4.90 Å². The second-order valence-electron chi connectivity index (χ2n) is 5.13. The Balaban J connectivity index is 2.04. The molecular weight excluding hydrogens is 402 g/mol. The number of carbonyl (C=O) groups is 2. The predicted octanol–water partition coefficient (Wildman–Crippen LogP) is 3.78. The number of anilines is 1. The minimum Gasteiger partial charge on any atom is -0.332 e. The first kappa shape index (κ1) is 19.0. The molecule has 1 N–H and O–H groups in total. The molecular formula is C18H16BrN3O2S. The Kier molecular flexibility index (Phi) is 7.04. The van der Waals surface area contributed by atoms with E-state index in [1.807, 2.05) is 30.3 Å². The molecule has 2 rings (SSSR count). The molecule has 0 atom stereocenters. The van der Waals surface area contributed by atoms with Gasteiger partial charge in [0.2, 0.25) is 5.91 Å². The molecule has 0 saturated carbocycles. The van der Waals surface area contributed by atoms with Crippen LogP contribution in [0.2, 0.25) is 0 Å². The van der Waals surface area contributed by atoms with Crippen molar-refractivity contribution in [3.8, 4) is 6.07 Å². The summed E-state index contributed by atoms with van der Waals surface area (Å²) in [6.45, 7) is -0.0720. The van der Waals surface area contributed by atoms with Gasteiger partial charge in [-0.05, 0) is 40.2 Å². The van der Waals surface area contributed by atoms with Crippen molar-refractivity contribution in [1.29, 1.82) is 5.26 Å². The Morgan fingerprint density at radius 2 is 1.88 bits per heavy atom. The maximum Gasteiger partial charge on any atom is 0.255 e. The van der Waals surface area contributed by atoms with Gasteiger partial charge in [0.25, 0.3) is 5.91 Å². The molecule has 0 bridgehead atoms. The lowest BCUT2D eigenvalue weighted by molar-refractivity contribution is -0.116. The minimum absolute atomic E-state index is 0.0720. The number of thioether (sulfide) groups is 1. The third kappa shape index (κ3) is 5.34. The highest BCUT2D eigenvalue weighted by molar-refractivity contribution is 9.10. The molecule has 0 aliphatic heterocycles. The van der Waals surface area contributed by atoms with E-state index < -0.39 is 0 Å². The van der Waals surface area contributed by atoms with E-state index in [1.165, 1.54) is 16.7 Å². The summed E-state index contributed by atoms with van der Waals surface area (Å²) in [4.78, 5) is 26.9. The van der Waals surface area contributed by atoms with Gasteiger partial charge in [-0.25, -0.2) is 0 Å². The second kappa shape index (κ2) is 9.25. The Labute approximate surface area is 159 Å². The van der Waals surface area contributed by atoms with Gasteiger partial charge in [-0.1, -0.05) is 24.3 Å². The van der Waals surface area contributed by atoms with Crippen LogP contribution in [0.25, 0.3) is 0 Å². The fourth-order valence-corrected chi connectivity index (χ4v) is 3.21. The number of nitriles is 1. The van der Waals surface area contributed by atoms with E-state index in [2.05, 4.69) is 21.2 Å². The van der Waals surface area contributed by atoms with Crippen LogP contribution in [0, 0.1) is 11.3 Å². The molecule has 0 radical (unpaired) electrons. The average molecular weight is 418 g/mol. The first-order valence-corrected chi connectivity index (χ1v) is 9.19. The van der Waals surface area contributed by atoms with Crippen LogP contribution in [0.5, 0.6) is 0 Å². The highest BCUT2D eigenvalue weighted by Crippen LogP contribution is 2.24. The van der Waals surface area contributed by atoms with Gasteiger partial charge in [-0.3, -0.25) is 9.59 Å². The summed E-state index contributed by atoms with van der Waals surface area (Å²) >= 11 is 4.67. The summed E-state index contributed by atoms with van der Waals surface area (Å²) in [7, 11) is 1.58. The molecule has 2 aromatic rings. The lowest BCUT2D eigenvalue weighted by Crippen LogP contribution is -2.35. The number of likely N-dealkylation sites (N-methyl/N-ethyl adjacent to an activating group) is 1. The number of amides is 2. The molecule has 0 aromatic heterocycles. The molecule has 128 valence electrons. The first-order valence-electron chi connectivity index (χ1n) is 7.41. The van der Waals surface area contributed by atoms with Crippen LogP contribution < -0.4 is 5.32 Å². The van der Waals surface area contributed by atoms with E-state index in [1.54, 1.807) is 31.3 Å². The van der Waals surface area contributed by atoms with E-state index in [4.69, 9.17) is 5.26 Å². The molecule has 0 aliphatic rings. The molecule has 0 heterocycles. The summed E-state index contributed by atoms with van der Waals surface area (Å²) in [6.07, 6.45) is 0. The maximum atomic E-state index is 12.6. The monoisotopic (exact) mass is 417 g/mol. The number of carbonyl (C=O) groups excluding carboxylic acids is 2. The van der Waals surface area contributed by atoms with Crippen molar-refractivity contribution in [3.63, 3.8) is 0 Å². The normalized spacial score (nSPS) is 9.96. The van der Waals surface area contributed by atoms with Crippen LogP contribution in [0.15, 0.2) is 57.9 Å². The van der Waals surface area contributed by atoms with Gasteiger partial charge in [0.05, 0.1) is 29.6 Å². The highest BCUT2D eigenvalue weighted by atomic mass is 79.9. The zero-order valence-electron chi connectivity index (χ0n) is 13.5. The van der Waals surface area contributed by atoms with Gasteiger partial charge in [0.1, 0.15) is 0 Å². The molecule has 0 unspecified atom stereocenters. The van der Waals surface area contributed by atoms with E-state index >= 15 is 0 Å². The smallest absolute Gasteiger partial charge is 0.255 e. The third-order valence-electron chi connectivity index (χ3n) is 3.29. The lowest BCUT2D eigenvalue weighted by atomic mass is 10.2. The van der Waals surface area contributed by atoms with Crippen molar-refractivity contribution in [2.24, 2.45) is 0 Å². The Hall–Kier alpha value is -2.30. The second-order valence-corrected chi connectivity index (χ2v) is 7.00. The average Bonchev–Trinajstić information content (AvgIpc) is 2.61. The van der Waals surface area contributed by atoms with Crippen LogP contribution >= 0.6 is 27.7 Å². The first-order chi connectivity index (χ1) is 12.0. The van der Waals surface area contributed by atoms with Gasteiger partial charge in [0.15, 0.2) is 0 Å². The molecule has 2 aromatic carbocycles. The fourth-order valence-electron chi connectivity index (χ4n) is 2.12. The topological polar surface area (TPSA) is 73.2 Å². The molecule has 0 spiro atoms. The van der Waals surface area contributed by atoms with Gasteiger partial charge in [0, 0.05) is 16.4 Å². The summed E-state index contributed by atoms with van der Waals surface area (Å²) in [5.41, 5.74) is 1.14. The van der Waals surface area contributed by atoms with Gasteiger partial charge < -0.3 is 10.2 Å². The van der Waals surface area contributed by atoms with Crippen LogP contribution in [0.4, 0.5) is 5.69 Å². The molecule has 2 amide bonds. The highest BCUT2D eigenvalue weighted by Gasteiger charge is 2.18. The van der Waals surface area contributed by atoms with Crippen molar-refractivity contribution >= 4 is 45.2 Å². The van der Waals surface area contributed by atoms with E-state index in [0.29, 0.717) is 11.3 Å². The lowest BCUT2D eigenvalue weighted by Gasteiger charge is -2.18. The van der Waals surface area contributed by atoms with Crippen LogP contribution in [-0.2, 0) is 4.79 Å². The Morgan fingerprint density at radius 3 is 2.60 bits per heavy atom. The Bertz CT molecular complexity index is 820. The van der Waals surface area contributed by atoms with Crippen molar-refractivity contribution < 1.29 is 9.59 Å². The molecule has 7 heteroatoms. The molecule has 0 aliphatic carbocycles. The predicted molar refractivity (Wildman–Crippen MR) is 103 cm³/mol. The molecule has 5 nitrogen and oxygen atoms in total. The molecule has 25 heavy (non-hydrogen) atoms. The van der Waals surface area contributed by atoms with Gasteiger partial charge in [-0.15, -0.1) is 11.8 Å². The summed E-state index contributed by atoms with van der Waals surface area (Å²) in [5.74, 6) is -0.287. The summed E-state index contributed by atoms with van der Waals surface area (Å²) < 4.78 is 0.774. The number of rotatable bonds is 6. The fraction of sp³-hybridized carbons (Fsp3) is 0.167. The third-order valence-corrected chi connectivity index (χ3v) is 4.92. The van der Waals surface area contributed by atoms with Crippen molar-refractivity contribution in [3.05, 3.63) is 58.6 Å². The molecule has 0 saturated heterocycles. The number of para-hydroxylation sites is 1. The Morgan fingerprint density at radius 1 is 1.20 bits per heavy atom. The quantitative estimate of drug-likeness (QED) is 0.725. The number of benzene rings is 2. The van der Waals surface area contributed by atoms with Crippen molar-refractivity contribution in [1.82, 2.24) is 4.90 Å². The van der Waals surface area contributed by atoms with Crippen LogP contribution in [0.3, 0.4) is 0 Å². The van der Waals surface area contributed by atoms with E-state index in [9.17, 15) is 9.59 Å². The van der Waals surface area contributed by atoms with E-state index in [-0.39, 0.29) is 24.1 Å². The number of nitrogens with one attached hydrogen (secondary N) is 1. The van der Waals surface area contributed by atoms with Crippen molar-refractivity contribution in [2.75, 3.05) is 24.7 Å². The zero-order chi connectivity index (χ0) is 18.2. The SMILES string of the molecule is CN(CC(=O)Nc1ccccc1Br)C(=O)c1ccccc1SCC#N. The minimum atomic E-state index is -0.287. The van der Waals surface area contributed by atoms with Crippen LogP contribution in [0.1, 0.15) is 10.4 Å². The van der Waals surface area contributed by atoms with Gasteiger partial charge >= 0.3 is 0 Å². The number of hydrogen-bond acceptors (Lipinski definition) is 4.